The van der Waals surface area contributed by atoms with E-state index in [1.807, 2.05) is 64.1 Å². The van der Waals surface area contributed by atoms with E-state index in [1.165, 1.54) is 6.07 Å². The number of aromatic nitrogens is 2. The van der Waals surface area contributed by atoms with Gasteiger partial charge >= 0.3 is 0 Å². The van der Waals surface area contributed by atoms with E-state index in [1.54, 1.807) is 12.1 Å². The number of hydrogen-bond acceptors (Lipinski definition) is 2. The number of nitrogens with zero attached hydrogens (tertiary/aromatic N) is 3. The molecule has 5 rings (SSSR count). The molecule has 2 heterocycles. The van der Waals surface area contributed by atoms with Gasteiger partial charge < -0.3 is 9.47 Å². The third kappa shape index (κ3) is 3.67. The number of likely N-dealkylation sites (tertiary alicyclic amines) is 1. The fraction of sp³-hybridized carbons (Fsp3) is 0.231. The second-order valence-corrected chi connectivity index (χ2v) is 8.69. The molecule has 1 aliphatic heterocycles. The summed E-state index contributed by atoms with van der Waals surface area (Å²) in [5, 5.41) is 0.385. The van der Waals surface area contributed by atoms with Gasteiger partial charge in [-0.25, -0.2) is 9.37 Å². The third-order valence-corrected chi connectivity index (χ3v) is 6.69. The van der Waals surface area contributed by atoms with Gasteiger partial charge in [-0.05, 0) is 36.8 Å². The molecular weight excluding hydrogens is 425 g/mol. The summed E-state index contributed by atoms with van der Waals surface area (Å²) in [7, 11) is 0. The predicted molar refractivity (Wildman–Crippen MR) is 124 cm³/mol. The molecule has 162 valence electrons. The quantitative estimate of drug-likeness (QED) is 0.379. The van der Waals surface area contributed by atoms with Crippen LogP contribution in [0.4, 0.5) is 4.39 Å². The number of halogens is 2. The van der Waals surface area contributed by atoms with Gasteiger partial charge in [-0.2, -0.15) is 0 Å². The molecule has 0 radical (unpaired) electrons. The first-order valence-corrected chi connectivity index (χ1v) is 11.1. The van der Waals surface area contributed by atoms with Gasteiger partial charge in [0.1, 0.15) is 11.6 Å². The maximum atomic E-state index is 14.6. The Morgan fingerprint density at radius 3 is 2.59 bits per heavy atom. The van der Waals surface area contributed by atoms with Crippen molar-refractivity contribution >= 4 is 28.5 Å². The van der Waals surface area contributed by atoms with Gasteiger partial charge in [0.15, 0.2) is 0 Å². The van der Waals surface area contributed by atoms with Crippen LogP contribution in [0.2, 0.25) is 5.02 Å². The van der Waals surface area contributed by atoms with Crippen molar-refractivity contribution in [2.45, 2.75) is 31.8 Å². The van der Waals surface area contributed by atoms with Crippen molar-refractivity contribution in [2.75, 3.05) is 6.54 Å². The summed E-state index contributed by atoms with van der Waals surface area (Å²) < 4.78 is 16.6. The first-order chi connectivity index (χ1) is 15.5. The number of carbonyl (C=O) groups is 1. The second kappa shape index (κ2) is 8.40. The molecular formula is C26H23ClFN3O. The standard InChI is InChI=1S/C26H23ClFN3O/c1-17(18-8-3-2-4-9-18)30-15-19(14-25(30)32)26-29-23-12-5-6-13-24(23)31(26)16-20-21(27)10-7-11-22(20)28/h2-13,17,19H,14-16H2,1H3. The van der Waals surface area contributed by atoms with Gasteiger partial charge in [-0.15, -0.1) is 0 Å². The highest BCUT2D eigenvalue weighted by atomic mass is 35.5. The number of rotatable bonds is 5. The summed E-state index contributed by atoms with van der Waals surface area (Å²) >= 11 is 6.33. The lowest BCUT2D eigenvalue weighted by molar-refractivity contribution is -0.129. The van der Waals surface area contributed by atoms with Gasteiger partial charge in [0.2, 0.25) is 5.91 Å². The molecule has 4 aromatic rings. The number of para-hydroxylation sites is 2. The topological polar surface area (TPSA) is 38.1 Å². The molecule has 0 aliphatic carbocycles. The smallest absolute Gasteiger partial charge is 0.223 e. The van der Waals surface area contributed by atoms with Crippen LogP contribution >= 0.6 is 11.6 Å². The molecule has 1 aliphatic rings. The highest BCUT2D eigenvalue weighted by Crippen LogP contribution is 2.35. The number of imidazole rings is 1. The summed E-state index contributed by atoms with van der Waals surface area (Å²) in [5.74, 6) is 0.477. The number of benzene rings is 3. The first kappa shape index (κ1) is 20.7. The molecule has 0 N–H and O–H groups in total. The van der Waals surface area contributed by atoms with Crippen molar-refractivity contribution in [1.82, 2.24) is 14.5 Å². The van der Waals surface area contributed by atoms with Crippen LogP contribution < -0.4 is 0 Å². The summed E-state index contributed by atoms with van der Waals surface area (Å²) in [6.07, 6.45) is 0.380. The highest BCUT2D eigenvalue weighted by Gasteiger charge is 2.36. The first-order valence-electron chi connectivity index (χ1n) is 10.8. The van der Waals surface area contributed by atoms with Crippen LogP contribution in [0.15, 0.2) is 72.8 Å². The Hall–Kier alpha value is -3.18. The SMILES string of the molecule is CC(c1ccccc1)N1CC(c2nc3ccccc3n2Cc2c(F)cccc2Cl)CC1=O. The Kier molecular flexibility index (Phi) is 5.43. The van der Waals surface area contributed by atoms with E-state index in [9.17, 15) is 9.18 Å². The molecule has 1 aromatic heterocycles. The Balaban J connectivity index is 1.52. The van der Waals surface area contributed by atoms with Crippen LogP contribution in [0.25, 0.3) is 11.0 Å². The van der Waals surface area contributed by atoms with E-state index in [4.69, 9.17) is 16.6 Å². The molecule has 2 atom stereocenters. The predicted octanol–water partition coefficient (Wildman–Crippen LogP) is 5.95. The number of hydrogen-bond donors (Lipinski definition) is 0. The molecule has 6 heteroatoms. The molecule has 0 bridgehead atoms. The molecule has 1 amide bonds. The van der Waals surface area contributed by atoms with Crippen LogP contribution in [0.5, 0.6) is 0 Å². The molecule has 1 fully saturated rings. The monoisotopic (exact) mass is 447 g/mol. The summed E-state index contributed by atoms with van der Waals surface area (Å²) in [5.41, 5.74) is 3.27. The maximum Gasteiger partial charge on any atom is 0.223 e. The van der Waals surface area contributed by atoms with Gasteiger partial charge in [-0.3, -0.25) is 4.79 Å². The molecule has 0 saturated carbocycles. The van der Waals surface area contributed by atoms with E-state index in [2.05, 4.69) is 6.92 Å². The molecule has 3 aromatic carbocycles. The van der Waals surface area contributed by atoms with Crippen molar-refractivity contribution in [3.8, 4) is 0 Å². The zero-order chi connectivity index (χ0) is 22.2. The third-order valence-electron chi connectivity index (χ3n) is 6.34. The molecule has 2 unspecified atom stereocenters. The molecule has 1 saturated heterocycles. The van der Waals surface area contributed by atoms with Crippen molar-refractivity contribution in [3.05, 3.63) is 101 Å². The van der Waals surface area contributed by atoms with E-state index in [0.717, 1.165) is 22.4 Å². The van der Waals surface area contributed by atoms with Crippen molar-refractivity contribution in [3.63, 3.8) is 0 Å². The van der Waals surface area contributed by atoms with E-state index >= 15 is 0 Å². The Labute approximate surface area is 191 Å². The summed E-state index contributed by atoms with van der Waals surface area (Å²) in [6, 6.07) is 22.5. The van der Waals surface area contributed by atoms with Crippen molar-refractivity contribution < 1.29 is 9.18 Å². The minimum absolute atomic E-state index is 0.0208. The van der Waals surface area contributed by atoms with Crippen molar-refractivity contribution in [1.29, 1.82) is 0 Å². The van der Waals surface area contributed by atoms with Crippen LogP contribution in [-0.4, -0.2) is 26.9 Å². The lowest BCUT2D eigenvalue weighted by atomic mass is 10.1. The number of amides is 1. The lowest BCUT2D eigenvalue weighted by Gasteiger charge is -2.25. The van der Waals surface area contributed by atoms with Crippen LogP contribution in [-0.2, 0) is 11.3 Å². The minimum Gasteiger partial charge on any atom is -0.335 e. The van der Waals surface area contributed by atoms with Gasteiger partial charge in [0, 0.05) is 29.5 Å². The molecule has 0 spiro atoms. The number of carbonyl (C=O) groups excluding carboxylic acids is 1. The minimum atomic E-state index is -0.344. The fourth-order valence-electron chi connectivity index (χ4n) is 4.60. The largest absolute Gasteiger partial charge is 0.335 e. The zero-order valence-electron chi connectivity index (χ0n) is 17.7. The Bertz CT molecular complexity index is 1270. The van der Waals surface area contributed by atoms with E-state index < -0.39 is 0 Å². The van der Waals surface area contributed by atoms with Crippen LogP contribution in [0.3, 0.4) is 0 Å². The zero-order valence-corrected chi connectivity index (χ0v) is 18.5. The fourth-order valence-corrected chi connectivity index (χ4v) is 4.83. The van der Waals surface area contributed by atoms with Crippen LogP contribution in [0, 0.1) is 5.82 Å². The Morgan fingerprint density at radius 1 is 1.06 bits per heavy atom. The summed E-state index contributed by atoms with van der Waals surface area (Å²) in [4.78, 5) is 19.8. The summed E-state index contributed by atoms with van der Waals surface area (Å²) in [6.45, 7) is 2.89. The lowest BCUT2D eigenvalue weighted by Crippen LogP contribution is -2.28. The highest BCUT2D eigenvalue weighted by molar-refractivity contribution is 6.31. The van der Waals surface area contributed by atoms with E-state index in [0.29, 0.717) is 23.6 Å². The normalized spacial score (nSPS) is 17.3. The van der Waals surface area contributed by atoms with Gasteiger partial charge in [0.25, 0.3) is 0 Å². The van der Waals surface area contributed by atoms with Crippen LogP contribution in [0.1, 0.15) is 42.3 Å². The van der Waals surface area contributed by atoms with E-state index in [-0.39, 0.29) is 30.2 Å². The molecule has 32 heavy (non-hydrogen) atoms. The Morgan fingerprint density at radius 2 is 1.81 bits per heavy atom. The second-order valence-electron chi connectivity index (χ2n) is 8.28. The average Bonchev–Trinajstić information content (AvgIpc) is 3.37. The van der Waals surface area contributed by atoms with Gasteiger partial charge in [-0.1, -0.05) is 60.1 Å². The molecule has 4 nitrogen and oxygen atoms in total. The average molecular weight is 448 g/mol. The van der Waals surface area contributed by atoms with Crippen molar-refractivity contribution in [2.24, 2.45) is 0 Å². The number of fused-ring (bicyclic) bond motifs is 1. The van der Waals surface area contributed by atoms with Gasteiger partial charge in [0.05, 0.1) is 23.6 Å². The maximum absolute atomic E-state index is 14.6.